The minimum atomic E-state index is -0.875. The lowest BCUT2D eigenvalue weighted by atomic mass is 10.0. The van der Waals surface area contributed by atoms with Crippen LogP contribution in [-0.2, 0) is 4.79 Å². The molecule has 0 fully saturated rings. The van der Waals surface area contributed by atoms with Crippen LogP contribution in [0.3, 0.4) is 0 Å². The Labute approximate surface area is 112 Å². The van der Waals surface area contributed by atoms with Crippen molar-refractivity contribution in [2.45, 2.75) is 77.2 Å². The standard InChI is InChI=1S/C13H27NO2.ClH/c1-2-3-4-5-6-7-8-9-10-11-12(14)13(15)16;/h12H,2-11,14H2,1H3,(H,15,16);1H. The molecular formula is C13H28ClNO2. The average molecular weight is 266 g/mol. The van der Waals surface area contributed by atoms with E-state index in [4.69, 9.17) is 10.8 Å². The minimum Gasteiger partial charge on any atom is -0.480 e. The lowest BCUT2D eigenvalue weighted by Gasteiger charge is -2.05. The van der Waals surface area contributed by atoms with Crippen LogP contribution >= 0.6 is 12.4 Å². The molecule has 0 saturated carbocycles. The largest absolute Gasteiger partial charge is 0.480 e. The van der Waals surface area contributed by atoms with Crippen molar-refractivity contribution in [1.29, 1.82) is 0 Å². The highest BCUT2D eigenvalue weighted by molar-refractivity contribution is 5.85. The van der Waals surface area contributed by atoms with E-state index in [1.54, 1.807) is 0 Å². The molecule has 3 N–H and O–H groups in total. The Hall–Kier alpha value is -0.280. The third-order valence-corrected chi connectivity index (χ3v) is 2.94. The zero-order valence-corrected chi connectivity index (χ0v) is 11.8. The molecule has 0 aliphatic rings. The van der Waals surface area contributed by atoms with Gasteiger partial charge in [0.2, 0.25) is 0 Å². The molecule has 104 valence electrons. The van der Waals surface area contributed by atoms with Gasteiger partial charge in [-0.15, -0.1) is 12.4 Å². The number of carboxylic acid groups (broad SMARTS) is 1. The Kier molecular flexibility index (Phi) is 15.5. The Morgan fingerprint density at radius 1 is 1.00 bits per heavy atom. The first kappa shape index (κ1) is 19.1. The van der Waals surface area contributed by atoms with E-state index >= 15 is 0 Å². The zero-order valence-electron chi connectivity index (χ0n) is 11.0. The molecule has 17 heavy (non-hydrogen) atoms. The summed E-state index contributed by atoms with van der Waals surface area (Å²) in [5.74, 6) is -0.875. The fourth-order valence-corrected chi connectivity index (χ4v) is 1.80. The Bertz CT molecular complexity index is 177. The van der Waals surface area contributed by atoms with Gasteiger partial charge in [0, 0.05) is 0 Å². The quantitative estimate of drug-likeness (QED) is 0.560. The molecule has 0 radical (unpaired) electrons. The zero-order chi connectivity index (χ0) is 12.2. The predicted molar refractivity (Wildman–Crippen MR) is 74.7 cm³/mol. The van der Waals surface area contributed by atoms with Gasteiger partial charge in [0.1, 0.15) is 6.04 Å². The van der Waals surface area contributed by atoms with Crippen LogP contribution < -0.4 is 5.73 Å². The highest BCUT2D eigenvalue weighted by atomic mass is 35.5. The van der Waals surface area contributed by atoms with Crippen molar-refractivity contribution in [2.24, 2.45) is 5.73 Å². The summed E-state index contributed by atoms with van der Waals surface area (Å²) in [6.45, 7) is 2.23. The molecule has 0 amide bonds. The first-order chi connectivity index (χ1) is 7.68. The molecule has 0 aromatic rings. The fourth-order valence-electron chi connectivity index (χ4n) is 1.80. The lowest BCUT2D eigenvalue weighted by molar-refractivity contribution is -0.138. The van der Waals surface area contributed by atoms with Crippen molar-refractivity contribution in [3.63, 3.8) is 0 Å². The monoisotopic (exact) mass is 265 g/mol. The van der Waals surface area contributed by atoms with E-state index in [-0.39, 0.29) is 12.4 Å². The third-order valence-electron chi connectivity index (χ3n) is 2.94. The Morgan fingerprint density at radius 3 is 1.82 bits per heavy atom. The maximum absolute atomic E-state index is 10.4. The fraction of sp³-hybridized carbons (Fsp3) is 0.923. The number of hydrogen-bond donors (Lipinski definition) is 2. The number of halogens is 1. The van der Waals surface area contributed by atoms with Gasteiger partial charge >= 0.3 is 5.97 Å². The summed E-state index contributed by atoms with van der Waals surface area (Å²) in [7, 11) is 0. The van der Waals surface area contributed by atoms with Gasteiger partial charge in [0.15, 0.2) is 0 Å². The number of unbranched alkanes of at least 4 members (excludes halogenated alkanes) is 8. The van der Waals surface area contributed by atoms with Crippen molar-refractivity contribution in [3.8, 4) is 0 Å². The average Bonchev–Trinajstić information content (AvgIpc) is 2.26. The number of rotatable bonds is 11. The van der Waals surface area contributed by atoms with E-state index in [2.05, 4.69) is 6.92 Å². The summed E-state index contributed by atoms with van der Waals surface area (Å²) in [4.78, 5) is 10.4. The van der Waals surface area contributed by atoms with Gasteiger partial charge in [-0.05, 0) is 6.42 Å². The SMILES string of the molecule is CCCCCCCCCCCC(N)C(=O)O.Cl. The maximum Gasteiger partial charge on any atom is 0.320 e. The molecule has 0 bridgehead atoms. The van der Waals surface area contributed by atoms with Crippen molar-refractivity contribution in [2.75, 3.05) is 0 Å². The van der Waals surface area contributed by atoms with E-state index in [0.717, 1.165) is 12.8 Å². The first-order valence-electron chi connectivity index (χ1n) is 6.67. The van der Waals surface area contributed by atoms with E-state index in [0.29, 0.717) is 6.42 Å². The molecule has 0 spiro atoms. The van der Waals surface area contributed by atoms with E-state index in [1.807, 2.05) is 0 Å². The van der Waals surface area contributed by atoms with Crippen LogP contribution in [0.4, 0.5) is 0 Å². The summed E-state index contributed by atoms with van der Waals surface area (Å²) < 4.78 is 0. The minimum absolute atomic E-state index is 0. The van der Waals surface area contributed by atoms with Crippen LogP contribution in [0, 0.1) is 0 Å². The second kappa shape index (κ2) is 13.8. The molecule has 0 aliphatic heterocycles. The number of aliphatic carboxylic acids is 1. The highest BCUT2D eigenvalue weighted by Gasteiger charge is 2.09. The Balaban J connectivity index is 0. The molecule has 0 aromatic carbocycles. The highest BCUT2D eigenvalue weighted by Crippen LogP contribution is 2.10. The predicted octanol–water partition coefficient (Wildman–Crippen LogP) is 3.74. The summed E-state index contributed by atoms with van der Waals surface area (Å²) in [5.41, 5.74) is 5.41. The second-order valence-electron chi connectivity index (χ2n) is 4.56. The molecule has 1 unspecified atom stereocenters. The number of carbonyl (C=O) groups is 1. The molecule has 0 heterocycles. The lowest BCUT2D eigenvalue weighted by Crippen LogP contribution is -2.29. The van der Waals surface area contributed by atoms with Crippen LogP contribution in [0.15, 0.2) is 0 Å². The van der Waals surface area contributed by atoms with E-state index in [1.165, 1.54) is 44.9 Å². The number of hydrogen-bond acceptors (Lipinski definition) is 2. The molecule has 0 aliphatic carbocycles. The summed E-state index contributed by atoms with van der Waals surface area (Å²) in [5, 5.41) is 8.58. The molecule has 0 saturated heterocycles. The summed E-state index contributed by atoms with van der Waals surface area (Å²) in [6, 6.07) is -0.662. The van der Waals surface area contributed by atoms with Gasteiger partial charge in [-0.3, -0.25) is 4.79 Å². The Morgan fingerprint density at radius 2 is 1.41 bits per heavy atom. The van der Waals surface area contributed by atoms with Crippen LogP contribution in [0.1, 0.15) is 71.1 Å². The van der Waals surface area contributed by atoms with Crippen molar-refractivity contribution < 1.29 is 9.90 Å². The van der Waals surface area contributed by atoms with Gasteiger partial charge in [0.25, 0.3) is 0 Å². The number of carboxylic acids is 1. The molecule has 1 atom stereocenters. The van der Waals surface area contributed by atoms with Gasteiger partial charge in [-0.25, -0.2) is 0 Å². The summed E-state index contributed by atoms with van der Waals surface area (Å²) in [6.07, 6.45) is 11.9. The molecule has 0 rings (SSSR count). The van der Waals surface area contributed by atoms with E-state index < -0.39 is 12.0 Å². The first-order valence-corrected chi connectivity index (χ1v) is 6.67. The van der Waals surface area contributed by atoms with E-state index in [9.17, 15) is 4.79 Å². The van der Waals surface area contributed by atoms with Crippen molar-refractivity contribution in [3.05, 3.63) is 0 Å². The van der Waals surface area contributed by atoms with Gasteiger partial charge in [-0.2, -0.15) is 0 Å². The van der Waals surface area contributed by atoms with Crippen molar-refractivity contribution in [1.82, 2.24) is 0 Å². The van der Waals surface area contributed by atoms with Crippen LogP contribution in [0.25, 0.3) is 0 Å². The van der Waals surface area contributed by atoms with Crippen LogP contribution in [0.2, 0.25) is 0 Å². The van der Waals surface area contributed by atoms with Crippen molar-refractivity contribution >= 4 is 18.4 Å². The van der Waals surface area contributed by atoms with Crippen LogP contribution in [-0.4, -0.2) is 17.1 Å². The molecule has 3 nitrogen and oxygen atoms in total. The van der Waals surface area contributed by atoms with Gasteiger partial charge < -0.3 is 10.8 Å². The maximum atomic E-state index is 10.4. The van der Waals surface area contributed by atoms with Gasteiger partial charge in [-0.1, -0.05) is 64.7 Å². The van der Waals surface area contributed by atoms with Crippen LogP contribution in [0.5, 0.6) is 0 Å². The topological polar surface area (TPSA) is 63.3 Å². The molecule has 4 heteroatoms. The number of nitrogens with two attached hydrogens (primary N) is 1. The normalized spacial score (nSPS) is 11.9. The third kappa shape index (κ3) is 13.7. The molecular weight excluding hydrogens is 238 g/mol. The molecule has 0 aromatic heterocycles. The van der Waals surface area contributed by atoms with Gasteiger partial charge in [0.05, 0.1) is 0 Å². The second-order valence-corrected chi connectivity index (χ2v) is 4.56. The summed E-state index contributed by atoms with van der Waals surface area (Å²) >= 11 is 0. The smallest absolute Gasteiger partial charge is 0.320 e.